The number of likely N-dealkylation sites (tertiary alicyclic amines) is 1. The molecule has 0 atom stereocenters. The molecule has 0 amide bonds. The first-order valence-corrected chi connectivity index (χ1v) is 8.16. The number of hydrogen-bond acceptors (Lipinski definition) is 3. The Hall–Kier alpha value is -1.17. The Morgan fingerprint density at radius 3 is 2.76 bits per heavy atom. The molecule has 0 spiro atoms. The fourth-order valence-electron chi connectivity index (χ4n) is 2.80. The van der Waals surface area contributed by atoms with Gasteiger partial charge in [-0.25, -0.2) is 0 Å². The first-order valence-electron chi connectivity index (χ1n) is 7.37. The number of aromatic amines is 1. The minimum atomic E-state index is 0.669. The van der Waals surface area contributed by atoms with Crippen molar-refractivity contribution in [1.82, 2.24) is 19.7 Å². The Bertz CT molecular complexity index is 658. The van der Waals surface area contributed by atoms with Gasteiger partial charge in [-0.3, -0.25) is 9.67 Å². The Labute approximate surface area is 134 Å². The van der Waals surface area contributed by atoms with Gasteiger partial charge in [-0.2, -0.15) is 5.10 Å². The number of H-pyrrole nitrogens is 1. The fraction of sp³-hybridized carbons (Fsp3) is 0.467. The number of hydrogen-bond donors (Lipinski definition) is 1. The summed E-state index contributed by atoms with van der Waals surface area (Å²) in [4.78, 5) is 2.50. The quantitative estimate of drug-likeness (QED) is 0.871. The molecule has 1 aromatic heterocycles. The van der Waals surface area contributed by atoms with Gasteiger partial charge in [-0.05, 0) is 50.3 Å². The Morgan fingerprint density at radius 2 is 2.00 bits per heavy atom. The van der Waals surface area contributed by atoms with Crippen molar-refractivity contribution >= 4 is 23.8 Å². The summed E-state index contributed by atoms with van der Waals surface area (Å²) in [7, 11) is 0. The van der Waals surface area contributed by atoms with Gasteiger partial charge in [0.1, 0.15) is 0 Å². The topological polar surface area (TPSA) is 36.9 Å². The van der Waals surface area contributed by atoms with E-state index in [2.05, 4.69) is 19.7 Å². The van der Waals surface area contributed by atoms with Gasteiger partial charge < -0.3 is 4.90 Å². The van der Waals surface area contributed by atoms with Gasteiger partial charge in [-0.15, -0.1) is 0 Å². The third-order valence-corrected chi connectivity index (χ3v) is 4.48. The lowest BCUT2D eigenvalue weighted by atomic mass is 10.1. The molecule has 0 radical (unpaired) electrons. The number of halogens is 1. The molecule has 1 aliphatic heterocycles. The maximum Gasteiger partial charge on any atom is 0.195 e. The van der Waals surface area contributed by atoms with Crippen molar-refractivity contribution in [3.8, 4) is 11.4 Å². The van der Waals surface area contributed by atoms with Crippen LogP contribution >= 0.6 is 23.8 Å². The molecule has 21 heavy (non-hydrogen) atoms. The van der Waals surface area contributed by atoms with E-state index in [0.29, 0.717) is 9.79 Å². The summed E-state index contributed by atoms with van der Waals surface area (Å²) in [6.07, 6.45) is 3.96. The summed E-state index contributed by atoms with van der Waals surface area (Å²) in [5.41, 5.74) is 0.994. The van der Waals surface area contributed by atoms with Gasteiger partial charge >= 0.3 is 0 Å². The largest absolute Gasteiger partial charge is 0.302 e. The summed E-state index contributed by atoms with van der Waals surface area (Å²) in [6.45, 7) is 4.26. The van der Waals surface area contributed by atoms with E-state index < -0.39 is 0 Å². The lowest BCUT2D eigenvalue weighted by Crippen LogP contribution is -2.32. The number of benzene rings is 1. The van der Waals surface area contributed by atoms with Crippen molar-refractivity contribution in [2.75, 3.05) is 19.6 Å². The van der Waals surface area contributed by atoms with Crippen LogP contribution in [0.2, 0.25) is 5.02 Å². The predicted octanol–water partition coefficient (Wildman–Crippen LogP) is 3.75. The first-order chi connectivity index (χ1) is 10.2. The second-order valence-corrected chi connectivity index (χ2v) is 6.24. The molecule has 4 nitrogen and oxygen atoms in total. The highest BCUT2D eigenvalue weighted by molar-refractivity contribution is 7.71. The molecule has 6 heteroatoms. The van der Waals surface area contributed by atoms with E-state index in [9.17, 15) is 0 Å². The van der Waals surface area contributed by atoms with Crippen LogP contribution in [-0.4, -0.2) is 39.3 Å². The van der Waals surface area contributed by atoms with Crippen LogP contribution in [0, 0.1) is 4.77 Å². The van der Waals surface area contributed by atoms with E-state index in [0.717, 1.165) is 24.5 Å². The van der Waals surface area contributed by atoms with Gasteiger partial charge in [0, 0.05) is 23.7 Å². The van der Waals surface area contributed by atoms with Crippen molar-refractivity contribution in [3.05, 3.63) is 34.1 Å². The molecule has 3 rings (SSSR count). The predicted molar refractivity (Wildman–Crippen MR) is 88.1 cm³/mol. The molecular weight excluding hydrogens is 304 g/mol. The van der Waals surface area contributed by atoms with Gasteiger partial charge in [-0.1, -0.05) is 30.2 Å². The summed E-state index contributed by atoms with van der Waals surface area (Å²) >= 11 is 11.4. The zero-order valence-electron chi connectivity index (χ0n) is 11.9. The van der Waals surface area contributed by atoms with Crippen molar-refractivity contribution in [2.45, 2.75) is 25.8 Å². The van der Waals surface area contributed by atoms with Crippen LogP contribution in [0.1, 0.15) is 19.3 Å². The zero-order valence-corrected chi connectivity index (χ0v) is 13.5. The normalized spacial score (nSPS) is 16.2. The van der Waals surface area contributed by atoms with Crippen LogP contribution in [0.15, 0.2) is 24.3 Å². The second kappa shape index (κ2) is 6.73. The number of piperidine rings is 1. The molecule has 1 N–H and O–H groups in total. The SMILES string of the molecule is S=c1[nH]nc(-c2cccc(Cl)c2)n1CCN1CCCCC1. The van der Waals surface area contributed by atoms with Gasteiger partial charge in [0.05, 0.1) is 0 Å². The third kappa shape index (κ3) is 3.54. The molecule has 1 fully saturated rings. The molecule has 0 unspecified atom stereocenters. The van der Waals surface area contributed by atoms with Crippen LogP contribution in [0.4, 0.5) is 0 Å². The second-order valence-electron chi connectivity index (χ2n) is 5.42. The van der Waals surface area contributed by atoms with Gasteiger partial charge in [0.2, 0.25) is 0 Å². The van der Waals surface area contributed by atoms with Gasteiger partial charge in [0.15, 0.2) is 10.6 Å². The number of rotatable bonds is 4. The number of nitrogens with zero attached hydrogens (tertiary/aromatic N) is 3. The van der Waals surface area contributed by atoms with E-state index in [1.807, 2.05) is 24.3 Å². The summed E-state index contributed by atoms with van der Waals surface area (Å²) in [5.74, 6) is 0.861. The lowest BCUT2D eigenvalue weighted by molar-refractivity contribution is 0.221. The summed E-state index contributed by atoms with van der Waals surface area (Å²) in [5, 5.41) is 7.97. The van der Waals surface area contributed by atoms with Crippen LogP contribution in [0.3, 0.4) is 0 Å². The minimum absolute atomic E-state index is 0.669. The van der Waals surface area contributed by atoms with Crippen LogP contribution < -0.4 is 0 Å². The van der Waals surface area contributed by atoms with Crippen molar-refractivity contribution in [3.63, 3.8) is 0 Å². The highest BCUT2D eigenvalue weighted by atomic mass is 35.5. The fourth-order valence-corrected chi connectivity index (χ4v) is 3.21. The Kier molecular flexibility index (Phi) is 4.73. The number of nitrogens with one attached hydrogen (secondary N) is 1. The molecular formula is C15H19ClN4S. The average Bonchev–Trinajstić information content (AvgIpc) is 2.87. The monoisotopic (exact) mass is 322 g/mol. The molecule has 112 valence electrons. The van der Waals surface area contributed by atoms with Crippen molar-refractivity contribution in [1.29, 1.82) is 0 Å². The van der Waals surface area contributed by atoms with Gasteiger partial charge in [0.25, 0.3) is 0 Å². The lowest BCUT2D eigenvalue weighted by Gasteiger charge is -2.26. The molecule has 0 saturated carbocycles. The molecule has 1 saturated heterocycles. The first kappa shape index (κ1) is 14.8. The number of aromatic nitrogens is 3. The van der Waals surface area contributed by atoms with E-state index in [1.54, 1.807) is 0 Å². The highest BCUT2D eigenvalue weighted by Gasteiger charge is 2.13. The Morgan fingerprint density at radius 1 is 1.19 bits per heavy atom. The maximum atomic E-state index is 6.07. The molecule has 2 heterocycles. The van der Waals surface area contributed by atoms with Crippen LogP contribution in [0.5, 0.6) is 0 Å². The van der Waals surface area contributed by atoms with E-state index in [4.69, 9.17) is 23.8 Å². The maximum absolute atomic E-state index is 6.07. The smallest absolute Gasteiger partial charge is 0.195 e. The standard InChI is InChI=1S/C15H19ClN4S/c16-13-6-4-5-12(11-13)14-17-18-15(21)20(14)10-9-19-7-2-1-3-8-19/h4-6,11H,1-3,7-10H2,(H,18,21). The summed E-state index contributed by atoms with van der Waals surface area (Å²) in [6, 6.07) is 7.73. The highest BCUT2D eigenvalue weighted by Crippen LogP contribution is 2.21. The van der Waals surface area contributed by atoms with Crippen LogP contribution in [0.25, 0.3) is 11.4 Å². The molecule has 1 aliphatic rings. The minimum Gasteiger partial charge on any atom is -0.302 e. The van der Waals surface area contributed by atoms with Crippen LogP contribution in [-0.2, 0) is 6.54 Å². The summed E-state index contributed by atoms with van der Waals surface area (Å²) < 4.78 is 2.73. The zero-order chi connectivity index (χ0) is 14.7. The molecule has 2 aromatic rings. The van der Waals surface area contributed by atoms with E-state index >= 15 is 0 Å². The van der Waals surface area contributed by atoms with E-state index in [-0.39, 0.29) is 0 Å². The average molecular weight is 323 g/mol. The van der Waals surface area contributed by atoms with Crippen molar-refractivity contribution in [2.24, 2.45) is 0 Å². The van der Waals surface area contributed by atoms with Crippen molar-refractivity contribution < 1.29 is 0 Å². The molecule has 1 aromatic carbocycles. The molecule has 0 bridgehead atoms. The third-order valence-electron chi connectivity index (χ3n) is 3.93. The Balaban J connectivity index is 1.78. The van der Waals surface area contributed by atoms with E-state index in [1.165, 1.54) is 32.4 Å². The molecule has 0 aliphatic carbocycles.